The van der Waals surface area contributed by atoms with Gasteiger partial charge in [0.2, 0.25) is 6.10 Å². The first kappa shape index (κ1) is 12.3. The van der Waals surface area contributed by atoms with Crippen LogP contribution in [0.25, 0.3) is 10.9 Å². The quantitative estimate of drug-likeness (QED) is 0.850. The van der Waals surface area contributed by atoms with Crippen molar-refractivity contribution in [1.29, 1.82) is 0 Å². The number of hydrogen-bond acceptors (Lipinski definition) is 4. The fourth-order valence-corrected chi connectivity index (χ4v) is 1.67. The number of carboxylic acids is 1. The summed E-state index contributed by atoms with van der Waals surface area (Å²) in [7, 11) is 0. The number of rotatable bonds is 4. The Morgan fingerprint density at radius 3 is 2.89 bits per heavy atom. The summed E-state index contributed by atoms with van der Waals surface area (Å²) in [5.41, 5.74) is 6.86. The molecule has 0 bridgehead atoms. The molecule has 5 heteroatoms. The van der Waals surface area contributed by atoms with Gasteiger partial charge in [-0.1, -0.05) is 18.2 Å². The van der Waals surface area contributed by atoms with E-state index in [4.69, 9.17) is 15.6 Å². The minimum absolute atomic E-state index is 0.0858. The van der Waals surface area contributed by atoms with Gasteiger partial charge in [-0.05, 0) is 19.1 Å². The van der Waals surface area contributed by atoms with Gasteiger partial charge in [-0.3, -0.25) is 0 Å². The Bertz CT molecular complexity index is 583. The average Bonchev–Trinajstić information content (AvgIpc) is 2.35. The maximum atomic E-state index is 10.9. The molecule has 2 aromatic rings. The molecular weight excluding hydrogens is 232 g/mol. The highest BCUT2D eigenvalue weighted by Gasteiger charge is 2.18. The first-order valence-corrected chi connectivity index (χ1v) is 5.57. The third kappa shape index (κ3) is 2.41. The summed E-state index contributed by atoms with van der Waals surface area (Å²) in [5.74, 6) is -0.642. The molecule has 1 atom stereocenters. The van der Waals surface area contributed by atoms with Gasteiger partial charge in [0.25, 0.3) is 0 Å². The molecule has 1 aromatic heterocycles. The van der Waals surface area contributed by atoms with Gasteiger partial charge in [0, 0.05) is 17.6 Å². The van der Waals surface area contributed by atoms with Crippen LogP contribution in [-0.2, 0) is 4.79 Å². The van der Waals surface area contributed by atoms with Gasteiger partial charge >= 0.3 is 5.97 Å². The SMILES string of the molecule is Cc1ccc2cccc(OC(CN)C(=O)O)c2n1. The summed E-state index contributed by atoms with van der Waals surface area (Å²) in [6.07, 6.45) is -1.06. The van der Waals surface area contributed by atoms with Gasteiger partial charge in [-0.15, -0.1) is 0 Å². The number of nitrogens with zero attached hydrogens (tertiary/aromatic N) is 1. The van der Waals surface area contributed by atoms with Gasteiger partial charge in [0.15, 0.2) is 0 Å². The van der Waals surface area contributed by atoms with Crippen LogP contribution in [0.15, 0.2) is 30.3 Å². The lowest BCUT2D eigenvalue weighted by molar-refractivity contribution is -0.144. The molecule has 94 valence electrons. The Labute approximate surface area is 104 Å². The second kappa shape index (κ2) is 5.01. The van der Waals surface area contributed by atoms with Crippen molar-refractivity contribution in [2.75, 3.05) is 6.54 Å². The number of nitrogens with two attached hydrogens (primary N) is 1. The Kier molecular flexibility index (Phi) is 3.43. The van der Waals surface area contributed by atoms with Crippen LogP contribution in [0.3, 0.4) is 0 Å². The summed E-state index contributed by atoms with van der Waals surface area (Å²) in [4.78, 5) is 15.3. The Hall–Kier alpha value is -2.14. The molecule has 0 saturated carbocycles. The molecule has 18 heavy (non-hydrogen) atoms. The van der Waals surface area contributed by atoms with Crippen LogP contribution >= 0.6 is 0 Å². The summed E-state index contributed by atoms with van der Waals surface area (Å²) in [5, 5.41) is 9.84. The molecule has 0 fully saturated rings. The maximum absolute atomic E-state index is 10.9. The van der Waals surface area contributed by atoms with Crippen LogP contribution in [0.2, 0.25) is 0 Å². The first-order chi connectivity index (χ1) is 8.61. The third-order valence-corrected chi connectivity index (χ3v) is 2.58. The van der Waals surface area contributed by atoms with Crippen molar-refractivity contribution in [3.63, 3.8) is 0 Å². The van der Waals surface area contributed by atoms with Crippen molar-refractivity contribution in [3.05, 3.63) is 36.0 Å². The van der Waals surface area contributed by atoms with E-state index in [2.05, 4.69) is 4.98 Å². The summed E-state index contributed by atoms with van der Waals surface area (Å²) >= 11 is 0. The number of carboxylic acid groups (broad SMARTS) is 1. The lowest BCUT2D eigenvalue weighted by atomic mass is 10.2. The van der Waals surface area contributed by atoms with E-state index in [-0.39, 0.29) is 6.54 Å². The summed E-state index contributed by atoms with van der Waals surface area (Å²) in [6, 6.07) is 9.20. The maximum Gasteiger partial charge on any atom is 0.346 e. The van der Waals surface area contributed by atoms with Crippen molar-refractivity contribution in [2.45, 2.75) is 13.0 Å². The fourth-order valence-electron chi connectivity index (χ4n) is 1.67. The van der Waals surface area contributed by atoms with Crippen LogP contribution in [0, 0.1) is 6.92 Å². The average molecular weight is 246 g/mol. The number of para-hydroxylation sites is 1. The Morgan fingerprint density at radius 2 is 2.22 bits per heavy atom. The first-order valence-electron chi connectivity index (χ1n) is 5.57. The molecule has 3 N–H and O–H groups in total. The highest BCUT2D eigenvalue weighted by molar-refractivity contribution is 5.85. The Balaban J connectivity index is 2.44. The van der Waals surface area contributed by atoms with E-state index in [9.17, 15) is 4.79 Å². The molecule has 0 radical (unpaired) electrons. The van der Waals surface area contributed by atoms with Gasteiger partial charge in [-0.25, -0.2) is 9.78 Å². The van der Waals surface area contributed by atoms with Gasteiger partial charge in [0.05, 0.1) is 0 Å². The second-order valence-electron chi connectivity index (χ2n) is 3.96. The van der Waals surface area contributed by atoms with E-state index in [0.717, 1.165) is 11.1 Å². The second-order valence-corrected chi connectivity index (χ2v) is 3.96. The number of aliphatic carboxylic acids is 1. The lowest BCUT2D eigenvalue weighted by Crippen LogP contribution is -2.34. The molecule has 1 unspecified atom stereocenters. The predicted molar refractivity (Wildman–Crippen MR) is 67.6 cm³/mol. The molecule has 0 spiro atoms. The van der Waals surface area contributed by atoms with E-state index in [1.807, 2.05) is 25.1 Å². The minimum Gasteiger partial charge on any atom is -0.478 e. The summed E-state index contributed by atoms with van der Waals surface area (Å²) < 4.78 is 5.41. The van der Waals surface area contributed by atoms with Gasteiger partial charge in [0.1, 0.15) is 11.3 Å². The molecule has 1 heterocycles. The highest BCUT2D eigenvalue weighted by atomic mass is 16.5. The van der Waals surface area contributed by atoms with Crippen LogP contribution in [0.1, 0.15) is 5.69 Å². The lowest BCUT2D eigenvalue weighted by Gasteiger charge is -2.14. The highest BCUT2D eigenvalue weighted by Crippen LogP contribution is 2.24. The number of carbonyl (C=O) groups is 1. The van der Waals surface area contributed by atoms with Crippen LogP contribution in [0.4, 0.5) is 0 Å². The topological polar surface area (TPSA) is 85.4 Å². The molecule has 0 aliphatic carbocycles. The van der Waals surface area contributed by atoms with E-state index >= 15 is 0 Å². The number of aryl methyl sites for hydroxylation is 1. The number of benzene rings is 1. The van der Waals surface area contributed by atoms with E-state index in [1.54, 1.807) is 12.1 Å². The van der Waals surface area contributed by atoms with Crippen molar-refractivity contribution in [1.82, 2.24) is 4.98 Å². The molecule has 0 aliphatic heterocycles. The molecule has 0 saturated heterocycles. The zero-order chi connectivity index (χ0) is 13.1. The number of aromatic nitrogens is 1. The van der Waals surface area contributed by atoms with Crippen LogP contribution < -0.4 is 10.5 Å². The van der Waals surface area contributed by atoms with Crippen LogP contribution in [0.5, 0.6) is 5.75 Å². The van der Waals surface area contributed by atoms with E-state index < -0.39 is 12.1 Å². The summed E-state index contributed by atoms with van der Waals surface area (Å²) in [6.45, 7) is 1.78. The number of fused-ring (bicyclic) bond motifs is 1. The molecule has 0 amide bonds. The van der Waals surface area contributed by atoms with Gasteiger partial charge in [-0.2, -0.15) is 0 Å². The number of hydrogen-bond donors (Lipinski definition) is 2. The molecular formula is C13H14N2O3. The Morgan fingerprint density at radius 1 is 1.44 bits per heavy atom. The normalized spacial score (nSPS) is 12.3. The van der Waals surface area contributed by atoms with Crippen molar-refractivity contribution < 1.29 is 14.6 Å². The number of ether oxygens (including phenoxy) is 1. The fraction of sp³-hybridized carbons (Fsp3) is 0.231. The standard InChI is InChI=1S/C13H14N2O3/c1-8-5-6-9-3-2-4-10(12(9)15-8)18-11(7-14)13(16)17/h2-6,11H,7,14H2,1H3,(H,16,17). The van der Waals surface area contributed by atoms with Gasteiger partial charge < -0.3 is 15.6 Å². The van der Waals surface area contributed by atoms with E-state index in [0.29, 0.717) is 11.3 Å². The largest absolute Gasteiger partial charge is 0.478 e. The van der Waals surface area contributed by atoms with Crippen molar-refractivity contribution in [2.24, 2.45) is 5.73 Å². The number of pyridine rings is 1. The van der Waals surface area contributed by atoms with E-state index in [1.165, 1.54) is 0 Å². The smallest absolute Gasteiger partial charge is 0.346 e. The molecule has 0 aliphatic rings. The molecule has 1 aromatic carbocycles. The zero-order valence-electron chi connectivity index (χ0n) is 9.96. The third-order valence-electron chi connectivity index (χ3n) is 2.58. The van der Waals surface area contributed by atoms with Crippen molar-refractivity contribution in [3.8, 4) is 5.75 Å². The van der Waals surface area contributed by atoms with Crippen molar-refractivity contribution >= 4 is 16.9 Å². The zero-order valence-corrected chi connectivity index (χ0v) is 9.96. The molecule has 5 nitrogen and oxygen atoms in total. The minimum atomic E-state index is -1.08. The molecule has 2 rings (SSSR count). The monoisotopic (exact) mass is 246 g/mol. The predicted octanol–water partition coefficient (Wildman–Crippen LogP) is 1.33. The van der Waals surface area contributed by atoms with Crippen LogP contribution in [-0.4, -0.2) is 28.7 Å².